The molecule has 174 valence electrons. The van der Waals surface area contributed by atoms with Gasteiger partial charge in [0.2, 0.25) is 0 Å². The van der Waals surface area contributed by atoms with Crippen molar-refractivity contribution < 1.29 is 38.4 Å². The highest BCUT2D eigenvalue weighted by atomic mass is 19.1. The summed E-state index contributed by atoms with van der Waals surface area (Å²) in [6, 6.07) is 8.79. The van der Waals surface area contributed by atoms with Crippen LogP contribution in [0.1, 0.15) is 24.0 Å². The fourth-order valence-corrected chi connectivity index (χ4v) is 3.94. The molecule has 0 saturated heterocycles. The molecule has 4 atom stereocenters. The number of nitrogens with one attached hydrogen (secondary N) is 1. The molecule has 0 aliphatic carbocycles. The number of halogens is 2. The summed E-state index contributed by atoms with van der Waals surface area (Å²) in [4.78, 5) is 8.36. The second kappa shape index (κ2) is 11.2. The van der Waals surface area contributed by atoms with Crippen molar-refractivity contribution in [1.29, 1.82) is 0 Å². The molecule has 0 fully saturated rings. The van der Waals surface area contributed by atoms with E-state index in [0.29, 0.717) is 37.2 Å². The van der Waals surface area contributed by atoms with Crippen molar-refractivity contribution in [2.75, 3.05) is 13.1 Å². The molecule has 0 saturated carbocycles. The van der Waals surface area contributed by atoms with Crippen LogP contribution in [0.4, 0.5) is 8.78 Å². The molecule has 2 heterocycles. The Hall–Kier alpha value is -2.75. The first kappa shape index (κ1) is 23.9. The Balaban J connectivity index is 0.000000913. The maximum Gasteiger partial charge on any atom is 0.290 e. The quantitative estimate of drug-likeness (QED) is 0.498. The second-order valence-corrected chi connectivity index (χ2v) is 7.79. The van der Waals surface area contributed by atoms with Crippen LogP contribution in [0.15, 0.2) is 36.4 Å². The predicted molar refractivity (Wildman–Crippen MR) is 112 cm³/mol. The average Bonchev–Trinajstić information content (AvgIpc) is 2.78. The highest BCUT2D eigenvalue weighted by Crippen LogP contribution is 2.30. The zero-order chi connectivity index (χ0) is 23.1. The summed E-state index contributed by atoms with van der Waals surface area (Å²) in [6.07, 6.45) is 0.214. The predicted octanol–water partition coefficient (Wildman–Crippen LogP) is 2.06. The number of ether oxygens (including phenoxy) is 2. The third-order valence-electron chi connectivity index (χ3n) is 5.56. The number of fused-ring (bicyclic) bond motifs is 2. The summed E-state index contributed by atoms with van der Waals surface area (Å²) in [7, 11) is 0. The molecular weight excluding hydrogens is 424 g/mol. The Bertz CT molecular complexity index is 843. The molecule has 2 aliphatic rings. The monoisotopic (exact) mass is 451 g/mol. The number of aryl methyl sites for hydroxylation is 2. The van der Waals surface area contributed by atoms with E-state index in [1.54, 1.807) is 12.1 Å². The first-order valence-corrected chi connectivity index (χ1v) is 10.5. The molecule has 0 aromatic heterocycles. The molecule has 7 nitrogen and oxygen atoms in total. The van der Waals surface area contributed by atoms with Gasteiger partial charge in [0.25, 0.3) is 6.47 Å². The van der Waals surface area contributed by atoms with Crippen LogP contribution >= 0.6 is 0 Å². The van der Waals surface area contributed by atoms with Crippen LogP contribution in [0.5, 0.6) is 11.5 Å². The standard InChI is InChI=1S/C22H25F2NO4.CH2O2/c23-15-3-7-19-13(9-15)1-5-21(28-19)17(26)11-25-12-18(27)22-6-2-14-10-16(24)4-8-20(14)29-22;2-1-3/h3-4,7-10,17-18,21-22,25-27H,1-2,5-6,11-12H2;1H,(H,2,3)/t17-,18-,21-,22+;/m0./s1. The van der Waals surface area contributed by atoms with Gasteiger partial charge in [0.05, 0.1) is 0 Å². The molecule has 2 aliphatic heterocycles. The zero-order valence-corrected chi connectivity index (χ0v) is 17.4. The third-order valence-corrected chi connectivity index (χ3v) is 5.56. The molecule has 2 aromatic rings. The fraction of sp³-hybridized carbons (Fsp3) is 0.435. The highest BCUT2D eigenvalue weighted by Gasteiger charge is 2.29. The summed E-state index contributed by atoms with van der Waals surface area (Å²) < 4.78 is 38.2. The van der Waals surface area contributed by atoms with E-state index >= 15 is 0 Å². The summed E-state index contributed by atoms with van der Waals surface area (Å²) in [5, 5.41) is 30.8. The first-order valence-electron chi connectivity index (χ1n) is 10.5. The smallest absolute Gasteiger partial charge is 0.290 e. The van der Waals surface area contributed by atoms with E-state index in [4.69, 9.17) is 19.4 Å². The molecule has 4 N–H and O–H groups in total. The van der Waals surface area contributed by atoms with Crippen LogP contribution < -0.4 is 14.8 Å². The minimum atomic E-state index is -0.753. The van der Waals surface area contributed by atoms with Crippen LogP contribution in [-0.4, -0.2) is 59.3 Å². The Morgan fingerprint density at radius 3 is 1.72 bits per heavy atom. The van der Waals surface area contributed by atoms with Gasteiger partial charge in [-0.1, -0.05) is 0 Å². The molecule has 0 bridgehead atoms. The molecule has 9 heteroatoms. The Morgan fingerprint density at radius 1 is 0.906 bits per heavy atom. The molecule has 0 spiro atoms. The fourth-order valence-electron chi connectivity index (χ4n) is 3.94. The topological polar surface area (TPSA) is 108 Å². The van der Waals surface area contributed by atoms with E-state index in [-0.39, 0.29) is 43.4 Å². The van der Waals surface area contributed by atoms with Crippen LogP contribution in [0.2, 0.25) is 0 Å². The molecule has 4 rings (SSSR count). The lowest BCUT2D eigenvalue weighted by molar-refractivity contribution is -0.122. The van der Waals surface area contributed by atoms with E-state index in [1.807, 2.05) is 0 Å². The molecule has 0 unspecified atom stereocenters. The molecular formula is C23H27F2NO6. The minimum absolute atomic E-state index is 0.250. The number of aliphatic hydroxyl groups is 2. The number of carboxylic acid groups (broad SMARTS) is 1. The van der Waals surface area contributed by atoms with Crippen molar-refractivity contribution >= 4 is 6.47 Å². The number of rotatable bonds is 6. The average molecular weight is 451 g/mol. The van der Waals surface area contributed by atoms with E-state index < -0.39 is 12.2 Å². The number of aliphatic hydroxyl groups excluding tert-OH is 2. The Kier molecular flexibility index (Phi) is 8.38. The van der Waals surface area contributed by atoms with Crippen molar-refractivity contribution in [2.45, 2.75) is 50.1 Å². The van der Waals surface area contributed by atoms with Gasteiger partial charge in [-0.2, -0.15) is 0 Å². The van der Waals surface area contributed by atoms with Crippen molar-refractivity contribution in [1.82, 2.24) is 5.32 Å². The van der Waals surface area contributed by atoms with Gasteiger partial charge in [-0.05, 0) is 73.2 Å². The molecule has 0 radical (unpaired) electrons. The Morgan fingerprint density at radius 2 is 1.31 bits per heavy atom. The van der Waals surface area contributed by atoms with Crippen molar-refractivity contribution in [3.8, 4) is 11.5 Å². The van der Waals surface area contributed by atoms with Gasteiger partial charge in [-0.3, -0.25) is 4.79 Å². The number of hydrogen-bond donors (Lipinski definition) is 4. The van der Waals surface area contributed by atoms with Crippen LogP contribution in [0.25, 0.3) is 0 Å². The summed E-state index contributed by atoms with van der Waals surface area (Å²) in [5.41, 5.74) is 1.62. The van der Waals surface area contributed by atoms with E-state index in [9.17, 15) is 19.0 Å². The van der Waals surface area contributed by atoms with E-state index in [0.717, 1.165) is 11.1 Å². The number of carbonyl (C=O) groups is 1. The van der Waals surface area contributed by atoms with Gasteiger partial charge in [-0.25, -0.2) is 8.78 Å². The van der Waals surface area contributed by atoms with Crippen molar-refractivity contribution in [3.05, 3.63) is 59.2 Å². The summed E-state index contributed by atoms with van der Waals surface area (Å²) >= 11 is 0. The lowest BCUT2D eigenvalue weighted by Crippen LogP contribution is -2.46. The lowest BCUT2D eigenvalue weighted by atomic mass is 9.98. The van der Waals surface area contributed by atoms with Gasteiger partial charge < -0.3 is 30.1 Å². The normalized spacial score (nSPS) is 20.9. The van der Waals surface area contributed by atoms with Crippen LogP contribution in [-0.2, 0) is 17.6 Å². The first-order chi connectivity index (χ1) is 15.4. The van der Waals surface area contributed by atoms with Gasteiger partial charge >= 0.3 is 0 Å². The van der Waals surface area contributed by atoms with Crippen LogP contribution in [0, 0.1) is 11.6 Å². The molecule has 0 amide bonds. The van der Waals surface area contributed by atoms with Gasteiger partial charge in [0.15, 0.2) is 0 Å². The maximum absolute atomic E-state index is 13.3. The van der Waals surface area contributed by atoms with Gasteiger partial charge in [-0.15, -0.1) is 0 Å². The Labute approximate surface area is 184 Å². The van der Waals surface area contributed by atoms with Crippen molar-refractivity contribution in [2.24, 2.45) is 0 Å². The summed E-state index contributed by atoms with van der Waals surface area (Å²) in [5.74, 6) is 0.624. The van der Waals surface area contributed by atoms with Gasteiger partial charge in [0, 0.05) is 13.1 Å². The zero-order valence-electron chi connectivity index (χ0n) is 17.4. The largest absolute Gasteiger partial charge is 0.487 e. The van der Waals surface area contributed by atoms with Crippen molar-refractivity contribution in [3.63, 3.8) is 0 Å². The highest BCUT2D eigenvalue weighted by molar-refractivity contribution is 5.37. The number of benzene rings is 2. The van der Waals surface area contributed by atoms with Gasteiger partial charge in [0.1, 0.15) is 47.5 Å². The number of hydrogen-bond acceptors (Lipinski definition) is 6. The SMILES string of the molecule is O=CO.O[C@@H](CNC[C@H](O)[C@H]1CCc2cc(F)ccc2O1)[C@@H]1CCc2cc(F)ccc2O1. The third kappa shape index (κ3) is 6.15. The maximum atomic E-state index is 13.3. The lowest BCUT2D eigenvalue weighted by Gasteiger charge is -2.31. The molecule has 32 heavy (non-hydrogen) atoms. The van der Waals surface area contributed by atoms with Crippen LogP contribution in [0.3, 0.4) is 0 Å². The second-order valence-electron chi connectivity index (χ2n) is 7.79. The van der Waals surface area contributed by atoms with E-state index in [2.05, 4.69) is 5.32 Å². The molecule has 2 aromatic carbocycles. The summed E-state index contributed by atoms with van der Waals surface area (Å²) in [6.45, 7) is 0.263. The van der Waals surface area contributed by atoms with E-state index in [1.165, 1.54) is 24.3 Å². The minimum Gasteiger partial charge on any atom is -0.487 e.